The second kappa shape index (κ2) is 9.46. The van der Waals surface area contributed by atoms with Crippen molar-refractivity contribution in [1.82, 2.24) is 9.80 Å². The summed E-state index contributed by atoms with van der Waals surface area (Å²) in [6.07, 6.45) is 0. The zero-order valence-corrected chi connectivity index (χ0v) is 16.9. The van der Waals surface area contributed by atoms with Crippen LogP contribution < -0.4 is 14.8 Å². The summed E-state index contributed by atoms with van der Waals surface area (Å²) in [4.78, 5) is 16.8. The van der Waals surface area contributed by atoms with E-state index in [1.807, 2.05) is 61.2 Å². The number of piperazine rings is 1. The molecule has 1 fully saturated rings. The Labute approximate surface area is 167 Å². The minimum absolute atomic E-state index is 0.0217. The molecule has 150 valence electrons. The quantitative estimate of drug-likeness (QED) is 0.829. The number of benzene rings is 2. The molecule has 0 aromatic heterocycles. The van der Waals surface area contributed by atoms with Crippen LogP contribution in [0.5, 0.6) is 11.5 Å². The molecule has 28 heavy (non-hydrogen) atoms. The second-order valence-electron chi connectivity index (χ2n) is 7.05. The van der Waals surface area contributed by atoms with Gasteiger partial charge in [-0.3, -0.25) is 4.90 Å². The summed E-state index contributed by atoms with van der Waals surface area (Å²) >= 11 is 0. The van der Waals surface area contributed by atoms with Gasteiger partial charge in [0.2, 0.25) is 0 Å². The molecule has 2 aromatic carbocycles. The number of amides is 2. The van der Waals surface area contributed by atoms with Gasteiger partial charge >= 0.3 is 6.03 Å². The molecule has 6 nitrogen and oxygen atoms in total. The zero-order chi connectivity index (χ0) is 19.9. The third-order valence-electron chi connectivity index (χ3n) is 5.11. The number of anilines is 1. The summed E-state index contributed by atoms with van der Waals surface area (Å²) in [5, 5.41) is 3.07. The van der Waals surface area contributed by atoms with Gasteiger partial charge in [-0.05, 0) is 49.2 Å². The highest BCUT2D eigenvalue weighted by Gasteiger charge is 2.21. The second-order valence-corrected chi connectivity index (χ2v) is 7.05. The first-order valence-electron chi connectivity index (χ1n) is 9.68. The number of carbonyl (C=O) groups excluding carboxylic acids is 1. The summed E-state index contributed by atoms with van der Waals surface area (Å²) in [5.74, 6) is 1.66. The molecule has 1 N–H and O–H groups in total. The number of methoxy groups -OCH3 is 1. The lowest BCUT2D eigenvalue weighted by atomic mass is 10.1. The smallest absolute Gasteiger partial charge is 0.321 e. The van der Waals surface area contributed by atoms with Crippen LogP contribution >= 0.6 is 0 Å². The fourth-order valence-electron chi connectivity index (χ4n) is 3.34. The Morgan fingerprint density at radius 1 is 0.964 bits per heavy atom. The van der Waals surface area contributed by atoms with E-state index in [9.17, 15) is 4.79 Å². The van der Waals surface area contributed by atoms with E-state index in [4.69, 9.17) is 9.47 Å². The number of hydrogen-bond donors (Lipinski definition) is 1. The van der Waals surface area contributed by atoms with Crippen LogP contribution in [0.25, 0.3) is 0 Å². The fraction of sp³-hybridized carbons (Fsp3) is 0.409. The summed E-state index contributed by atoms with van der Waals surface area (Å²) < 4.78 is 10.9. The topological polar surface area (TPSA) is 54.0 Å². The molecule has 0 aliphatic carbocycles. The Bertz CT molecular complexity index is 764. The third-order valence-corrected chi connectivity index (χ3v) is 5.11. The van der Waals surface area contributed by atoms with Crippen LogP contribution in [-0.4, -0.2) is 62.3 Å². The van der Waals surface area contributed by atoms with Crippen LogP contribution in [0.2, 0.25) is 0 Å². The molecule has 2 aromatic rings. The molecule has 1 aliphatic rings. The van der Waals surface area contributed by atoms with Crippen molar-refractivity contribution in [1.29, 1.82) is 0 Å². The first-order valence-corrected chi connectivity index (χ1v) is 9.68. The molecule has 1 aliphatic heterocycles. The molecule has 2 amide bonds. The van der Waals surface area contributed by atoms with Gasteiger partial charge < -0.3 is 19.7 Å². The monoisotopic (exact) mass is 383 g/mol. The maximum Gasteiger partial charge on any atom is 0.321 e. The van der Waals surface area contributed by atoms with Crippen molar-refractivity contribution in [3.63, 3.8) is 0 Å². The van der Waals surface area contributed by atoms with E-state index >= 15 is 0 Å². The first-order chi connectivity index (χ1) is 13.6. The number of para-hydroxylation sites is 1. The molecular weight excluding hydrogens is 354 g/mol. The third kappa shape index (κ3) is 5.16. The predicted octanol–water partition coefficient (Wildman–Crippen LogP) is 3.54. The van der Waals surface area contributed by atoms with E-state index in [2.05, 4.69) is 10.2 Å². The molecular formula is C22H29N3O3. The van der Waals surface area contributed by atoms with E-state index < -0.39 is 0 Å². The highest BCUT2D eigenvalue weighted by atomic mass is 16.5. The van der Waals surface area contributed by atoms with Crippen molar-refractivity contribution < 1.29 is 14.3 Å². The SMILES string of the molecule is COc1ccc(OCCN2CCN(C(=O)Nc3c(C)cccc3C)CC2)cc1. The van der Waals surface area contributed by atoms with Crippen LogP contribution in [-0.2, 0) is 0 Å². The van der Waals surface area contributed by atoms with E-state index in [1.165, 1.54) is 0 Å². The minimum atomic E-state index is -0.0217. The van der Waals surface area contributed by atoms with Crippen LogP contribution in [0.1, 0.15) is 11.1 Å². The van der Waals surface area contributed by atoms with Gasteiger partial charge in [-0.2, -0.15) is 0 Å². The standard InChI is InChI=1S/C22H29N3O3/c1-17-5-4-6-18(2)21(17)23-22(26)25-13-11-24(12-14-25)15-16-28-20-9-7-19(27-3)8-10-20/h4-10H,11-16H2,1-3H3,(H,23,26). The van der Waals surface area contributed by atoms with Gasteiger partial charge in [0, 0.05) is 38.4 Å². The summed E-state index contributed by atoms with van der Waals surface area (Å²) in [6, 6.07) is 13.6. The van der Waals surface area contributed by atoms with Crippen molar-refractivity contribution in [3.05, 3.63) is 53.6 Å². The number of ether oxygens (including phenoxy) is 2. The molecule has 0 atom stereocenters. The lowest BCUT2D eigenvalue weighted by Gasteiger charge is -2.34. The van der Waals surface area contributed by atoms with E-state index in [0.29, 0.717) is 6.61 Å². The summed E-state index contributed by atoms with van der Waals surface area (Å²) in [5.41, 5.74) is 3.09. The van der Waals surface area contributed by atoms with Gasteiger partial charge in [0.1, 0.15) is 18.1 Å². The molecule has 0 saturated carbocycles. The van der Waals surface area contributed by atoms with E-state index in [-0.39, 0.29) is 6.03 Å². The van der Waals surface area contributed by atoms with Crippen molar-refractivity contribution in [2.45, 2.75) is 13.8 Å². The van der Waals surface area contributed by atoms with Crippen molar-refractivity contribution >= 4 is 11.7 Å². The molecule has 6 heteroatoms. The maximum absolute atomic E-state index is 12.6. The average Bonchev–Trinajstić information content (AvgIpc) is 2.72. The van der Waals surface area contributed by atoms with Crippen molar-refractivity contribution in [3.8, 4) is 11.5 Å². The van der Waals surface area contributed by atoms with Gasteiger partial charge in [0.25, 0.3) is 0 Å². The Hall–Kier alpha value is -2.73. The minimum Gasteiger partial charge on any atom is -0.497 e. The Kier molecular flexibility index (Phi) is 6.76. The van der Waals surface area contributed by atoms with E-state index in [1.54, 1.807) is 7.11 Å². The fourth-order valence-corrected chi connectivity index (χ4v) is 3.34. The molecule has 1 heterocycles. The predicted molar refractivity (Wildman–Crippen MR) is 111 cm³/mol. The molecule has 0 unspecified atom stereocenters. The number of hydrogen-bond acceptors (Lipinski definition) is 4. The van der Waals surface area contributed by atoms with Crippen LogP contribution in [0.4, 0.5) is 10.5 Å². The molecule has 1 saturated heterocycles. The number of rotatable bonds is 6. The Morgan fingerprint density at radius 2 is 1.57 bits per heavy atom. The molecule has 3 rings (SSSR count). The highest BCUT2D eigenvalue weighted by Crippen LogP contribution is 2.20. The number of nitrogens with one attached hydrogen (secondary N) is 1. The van der Waals surface area contributed by atoms with Crippen molar-refractivity contribution in [2.75, 3.05) is 51.8 Å². The van der Waals surface area contributed by atoms with Crippen LogP contribution in [0.3, 0.4) is 0 Å². The highest BCUT2D eigenvalue weighted by molar-refractivity contribution is 5.91. The molecule has 0 radical (unpaired) electrons. The lowest BCUT2D eigenvalue weighted by molar-refractivity contribution is 0.132. The van der Waals surface area contributed by atoms with E-state index in [0.717, 1.165) is 61.0 Å². The van der Waals surface area contributed by atoms with Crippen LogP contribution in [0, 0.1) is 13.8 Å². The number of carbonyl (C=O) groups is 1. The number of nitrogens with zero attached hydrogens (tertiary/aromatic N) is 2. The van der Waals surface area contributed by atoms with Crippen molar-refractivity contribution in [2.24, 2.45) is 0 Å². The van der Waals surface area contributed by atoms with Gasteiger partial charge in [-0.1, -0.05) is 18.2 Å². The van der Waals surface area contributed by atoms with Gasteiger partial charge in [0.15, 0.2) is 0 Å². The van der Waals surface area contributed by atoms with Crippen LogP contribution in [0.15, 0.2) is 42.5 Å². The number of urea groups is 1. The maximum atomic E-state index is 12.6. The molecule has 0 bridgehead atoms. The number of aryl methyl sites for hydroxylation is 2. The summed E-state index contributed by atoms with van der Waals surface area (Å²) in [7, 11) is 1.65. The Morgan fingerprint density at radius 3 is 2.18 bits per heavy atom. The van der Waals surface area contributed by atoms with Gasteiger partial charge in [-0.25, -0.2) is 4.79 Å². The van der Waals surface area contributed by atoms with Gasteiger partial charge in [0.05, 0.1) is 7.11 Å². The largest absolute Gasteiger partial charge is 0.497 e. The normalized spacial score (nSPS) is 14.6. The summed E-state index contributed by atoms with van der Waals surface area (Å²) in [6.45, 7) is 8.66. The van der Waals surface area contributed by atoms with Gasteiger partial charge in [-0.15, -0.1) is 0 Å². The molecule has 0 spiro atoms. The average molecular weight is 383 g/mol. The first kappa shape index (κ1) is 20.0. The Balaban J connectivity index is 1.40. The lowest BCUT2D eigenvalue weighted by Crippen LogP contribution is -2.50. The zero-order valence-electron chi connectivity index (χ0n) is 16.9.